The van der Waals surface area contributed by atoms with Crippen molar-refractivity contribution in [3.8, 4) is 0 Å². The molecule has 2 atom stereocenters. The van der Waals surface area contributed by atoms with Crippen LogP contribution < -0.4 is 4.90 Å². The van der Waals surface area contributed by atoms with Crippen LogP contribution in [0.15, 0.2) is 83.5 Å². The number of fused-ring (bicyclic) bond motifs is 2. The maximum atomic E-state index is 12.6. The predicted octanol–water partition coefficient (Wildman–Crippen LogP) is 7.80. The number of rotatable bonds is 14. The van der Waals surface area contributed by atoms with Crippen molar-refractivity contribution >= 4 is 88.5 Å². The quantitative estimate of drug-likeness (QED) is 0.0635. The van der Waals surface area contributed by atoms with E-state index in [1.54, 1.807) is 25.2 Å². The largest absolute Gasteiger partial charge is 0.744 e. The predicted molar refractivity (Wildman–Crippen MR) is 212 cm³/mol. The number of benzene rings is 2. The van der Waals surface area contributed by atoms with E-state index in [1.807, 2.05) is 39.1 Å². The van der Waals surface area contributed by atoms with Gasteiger partial charge in [0, 0.05) is 67.1 Å². The Morgan fingerprint density at radius 2 is 1.68 bits per heavy atom. The van der Waals surface area contributed by atoms with Gasteiger partial charge < -0.3 is 14.6 Å². The summed E-state index contributed by atoms with van der Waals surface area (Å²) in [6, 6.07) is 8.19. The molecule has 0 amide bonds. The van der Waals surface area contributed by atoms with E-state index in [2.05, 4.69) is 75.2 Å². The molecule has 270 valence electrons. The molecule has 0 spiro atoms. The van der Waals surface area contributed by atoms with Crippen LogP contribution >= 0.6 is 45.2 Å². The van der Waals surface area contributed by atoms with Gasteiger partial charge >= 0.3 is 16.1 Å². The van der Waals surface area contributed by atoms with Gasteiger partial charge in [0.25, 0.3) is 5.37 Å². The standard InChI is InChI=1S/C36H42I2N2O8S2/c1-6-14-32(50(46,47)48)40-28-19-18-25(49(43,44)45)23-26(28)35(2,3)30(40)15-10-8-7-9-11-16-31-36(4,20-13-12-17-33(41)42)34-27(38)21-24(37)22-29(34)39(31)5/h7-11,15-16,18-19,21-23,32H,6,12-14,17,20H2,1-5H3,(H2-,41,42,43,44,45,46,47,48). The molecule has 2 aromatic rings. The average Bonchev–Trinajstić information content (AvgIpc) is 3.35. The summed E-state index contributed by atoms with van der Waals surface area (Å²) in [4.78, 5) is 12.9. The van der Waals surface area contributed by atoms with Crippen LogP contribution in [0.25, 0.3) is 0 Å². The smallest absolute Gasteiger partial charge is 0.329 e. The fraction of sp³-hybridized carbons (Fsp3) is 0.389. The highest BCUT2D eigenvalue weighted by atomic mass is 127. The van der Waals surface area contributed by atoms with Gasteiger partial charge in [-0.2, -0.15) is 13.0 Å². The average molecular weight is 949 g/mol. The van der Waals surface area contributed by atoms with E-state index in [4.69, 9.17) is 5.11 Å². The van der Waals surface area contributed by atoms with Crippen molar-refractivity contribution in [3.05, 3.63) is 96.8 Å². The minimum atomic E-state index is -4.76. The number of carboxylic acid groups (broad SMARTS) is 1. The minimum absolute atomic E-state index is 0.121. The fourth-order valence-electron chi connectivity index (χ4n) is 7.00. The van der Waals surface area contributed by atoms with Crippen LogP contribution in [0.3, 0.4) is 0 Å². The van der Waals surface area contributed by atoms with E-state index in [0.29, 0.717) is 29.8 Å². The maximum Gasteiger partial charge on any atom is 0.329 e. The monoisotopic (exact) mass is 948 g/mol. The number of anilines is 1. The van der Waals surface area contributed by atoms with Crippen molar-refractivity contribution in [2.45, 2.75) is 87.3 Å². The molecule has 2 unspecified atom stereocenters. The van der Waals surface area contributed by atoms with Crippen molar-refractivity contribution in [1.82, 2.24) is 0 Å². The lowest BCUT2D eigenvalue weighted by Gasteiger charge is -2.29. The summed E-state index contributed by atoms with van der Waals surface area (Å²) in [5.41, 5.74) is 3.66. The van der Waals surface area contributed by atoms with Gasteiger partial charge in [0.2, 0.25) is 5.69 Å². The number of nitrogens with zero attached hydrogens (tertiary/aromatic N) is 2. The van der Waals surface area contributed by atoms with Crippen LogP contribution in [-0.4, -0.2) is 59.7 Å². The van der Waals surface area contributed by atoms with Crippen molar-refractivity contribution in [3.63, 3.8) is 0 Å². The zero-order valence-corrected chi connectivity index (χ0v) is 34.5. The first-order chi connectivity index (χ1) is 23.2. The number of aliphatic carboxylic acids is 1. The van der Waals surface area contributed by atoms with Gasteiger partial charge in [-0.3, -0.25) is 9.35 Å². The first kappa shape index (κ1) is 40.4. The molecule has 0 saturated carbocycles. The summed E-state index contributed by atoms with van der Waals surface area (Å²) in [5, 5.41) is 7.84. The molecule has 0 saturated heterocycles. The van der Waals surface area contributed by atoms with E-state index in [-0.39, 0.29) is 18.3 Å². The Bertz CT molecular complexity index is 2050. The Hall–Kier alpha value is -2.38. The molecular weight excluding hydrogens is 906 g/mol. The Morgan fingerprint density at radius 1 is 1.02 bits per heavy atom. The molecule has 2 aliphatic heterocycles. The lowest BCUT2D eigenvalue weighted by atomic mass is 9.77. The SMILES string of the molecule is CCCC([N+]1=C(C=CC=CC=CC=C2N(C)c3cc(I)cc(I)c3C2(C)CCCCC(=O)O)C(C)(C)c2cc(S(=O)(=O)[O-])ccc21)S(=O)(=O)O. The van der Waals surface area contributed by atoms with Gasteiger partial charge in [0.05, 0.1) is 10.3 Å². The molecule has 4 rings (SSSR count). The molecule has 10 nitrogen and oxygen atoms in total. The maximum absolute atomic E-state index is 12.6. The molecule has 0 bridgehead atoms. The number of carboxylic acids is 1. The summed E-state index contributed by atoms with van der Waals surface area (Å²) >= 11 is 4.70. The van der Waals surface area contributed by atoms with E-state index >= 15 is 0 Å². The topological polar surface area (TPSA) is 155 Å². The fourth-order valence-corrected chi connectivity index (χ4v) is 10.9. The van der Waals surface area contributed by atoms with E-state index in [0.717, 1.165) is 33.9 Å². The molecule has 2 N–H and O–H groups in total. The summed E-state index contributed by atoms with van der Waals surface area (Å²) in [6.45, 7) is 7.64. The molecule has 14 heteroatoms. The van der Waals surface area contributed by atoms with Crippen LogP contribution in [0.5, 0.6) is 0 Å². The zero-order chi connectivity index (χ0) is 37.2. The Balaban J connectivity index is 1.67. The zero-order valence-electron chi connectivity index (χ0n) is 28.6. The van der Waals surface area contributed by atoms with Crippen molar-refractivity contribution in [2.75, 3.05) is 11.9 Å². The van der Waals surface area contributed by atoms with Gasteiger partial charge in [-0.25, -0.2) is 8.42 Å². The van der Waals surface area contributed by atoms with Crippen LogP contribution in [0, 0.1) is 7.14 Å². The van der Waals surface area contributed by atoms with Crippen molar-refractivity contribution < 1.29 is 40.4 Å². The minimum Gasteiger partial charge on any atom is -0.744 e. The van der Waals surface area contributed by atoms with Gasteiger partial charge in [-0.15, -0.1) is 0 Å². The van der Waals surface area contributed by atoms with Gasteiger partial charge in [-0.05, 0) is 116 Å². The third-order valence-electron chi connectivity index (χ3n) is 9.40. The number of hydrogen-bond acceptors (Lipinski definition) is 7. The first-order valence-electron chi connectivity index (χ1n) is 16.2. The van der Waals surface area contributed by atoms with Crippen LogP contribution in [0.2, 0.25) is 0 Å². The molecule has 2 aromatic carbocycles. The number of halogens is 2. The number of allylic oxidation sites excluding steroid dienone is 8. The highest BCUT2D eigenvalue weighted by molar-refractivity contribution is 14.1. The molecule has 2 heterocycles. The number of carbonyl (C=O) groups is 1. The second-order valence-electron chi connectivity index (χ2n) is 13.2. The molecule has 0 aliphatic carbocycles. The normalized spacial score (nSPS) is 20.5. The molecule has 2 aliphatic rings. The molecule has 0 radical (unpaired) electrons. The summed E-state index contributed by atoms with van der Waals surface area (Å²) in [7, 11) is -7.26. The number of hydrogen-bond donors (Lipinski definition) is 2. The van der Waals surface area contributed by atoms with Crippen molar-refractivity contribution in [1.29, 1.82) is 0 Å². The lowest BCUT2D eigenvalue weighted by Crippen LogP contribution is -2.36. The van der Waals surface area contributed by atoms with Crippen LogP contribution in [0.1, 0.15) is 77.3 Å². The second-order valence-corrected chi connectivity index (χ2v) is 18.6. The highest BCUT2D eigenvalue weighted by Crippen LogP contribution is 2.52. The second kappa shape index (κ2) is 15.7. The van der Waals surface area contributed by atoms with Gasteiger partial charge in [-0.1, -0.05) is 43.7 Å². The molecule has 0 aromatic heterocycles. The summed E-state index contributed by atoms with van der Waals surface area (Å²) in [5.74, 6) is -0.794. The molecular formula is C36H42I2N2O8S2. The molecule has 50 heavy (non-hydrogen) atoms. The van der Waals surface area contributed by atoms with E-state index in [1.165, 1.54) is 25.8 Å². The molecule has 0 fully saturated rings. The van der Waals surface area contributed by atoms with E-state index < -0.39 is 41.9 Å². The Morgan fingerprint density at radius 3 is 2.30 bits per heavy atom. The summed E-state index contributed by atoms with van der Waals surface area (Å²) < 4.78 is 74.8. The van der Waals surface area contributed by atoms with Gasteiger partial charge in [0.1, 0.15) is 10.1 Å². The highest BCUT2D eigenvalue weighted by Gasteiger charge is 2.50. The lowest BCUT2D eigenvalue weighted by molar-refractivity contribution is -0.458. The Kier molecular flexibility index (Phi) is 12.7. The Labute approximate surface area is 322 Å². The number of unbranched alkanes of at least 4 members (excludes halogenated alkanes) is 1. The third kappa shape index (κ3) is 8.46. The van der Waals surface area contributed by atoms with Crippen LogP contribution in [-0.2, 0) is 35.9 Å². The van der Waals surface area contributed by atoms with Crippen LogP contribution in [0.4, 0.5) is 11.4 Å². The summed E-state index contributed by atoms with van der Waals surface area (Å²) in [6.07, 6.45) is 15.9. The third-order valence-corrected chi connectivity index (χ3v) is 12.8. The first-order valence-corrected chi connectivity index (χ1v) is 21.2. The number of likely N-dealkylation sites (N-methyl/N-ethyl adjacent to an activating group) is 1. The van der Waals surface area contributed by atoms with Crippen molar-refractivity contribution in [2.24, 2.45) is 0 Å². The van der Waals surface area contributed by atoms with E-state index in [9.17, 15) is 30.7 Å². The van der Waals surface area contributed by atoms with Gasteiger partial charge in [0.15, 0.2) is 5.71 Å².